The van der Waals surface area contributed by atoms with Crippen LogP contribution in [0.5, 0.6) is 5.75 Å². The lowest BCUT2D eigenvalue weighted by atomic mass is 9.81. The summed E-state index contributed by atoms with van der Waals surface area (Å²) in [6, 6.07) is 13.3. The quantitative estimate of drug-likeness (QED) is 0.863. The number of amides is 2. The Balaban J connectivity index is 1.61. The van der Waals surface area contributed by atoms with E-state index in [2.05, 4.69) is 4.90 Å². The van der Waals surface area contributed by atoms with Gasteiger partial charge in [-0.1, -0.05) is 30.3 Å². The number of aryl methyl sites for hydroxylation is 1. The molecule has 2 aliphatic rings. The van der Waals surface area contributed by atoms with E-state index in [1.54, 1.807) is 6.07 Å². The van der Waals surface area contributed by atoms with Gasteiger partial charge in [0.2, 0.25) is 11.8 Å². The highest BCUT2D eigenvalue weighted by atomic mass is 16.3. The maximum absolute atomic E-state index is 13.3. The van der Waals surface area contributed by atoms with E-state index in [0.29, 0.717) is 18.8 Å². The Morgan fingerprint density at radius 2 is 2.04 bits per heavy atom. The Hall–Kier alpha value is -2.86. The van der Waals surface area contributed by atoms with Gasteiger partial charge in [0.1, 0.15) is 12.3 Å². The number of phenols is 1. The fourth-order valence-corrected chi connectivity index (χ4v) is 4.40. The van der Waals surface area contributed by atoms with Crippen LogP contribution in [0.4, 0.5) is 5.69 Å². The summed E-state index contributed by atoms with van der Waals surface area (Å²) in [6.07, 6.45) is 0.717. The minimum Gasteiger partial charge on any atom is -0.508 e. The number of nitrogens with two attached hydrogens (primary N) is 1. The first kappa shape index (κ1) is 17.5. The smallest absolute Gasteiger partial charge is 0.239 e. The van der Waals surface area contributed by atoms with Gasteiger partial charge in [-0.25, -0.2) is 0 Å². The number of hydrogen-bond donors (Lipinski definition) is 2. The molecular weight excluding hydrogens is 342 g/mol. The van der Waals surface area contributed by atoms with Crippen molar-refractivity contribution in [2.45, 2.75) is 25.3 Å². The van der Waals surface area contributed by atoms with E-state index in [1.165, 1.54) is 4.90 Å². The van der Waals surface area contributed by atoms with Crippen molar-refractivity contribution in [3.63, 3.8) is 0 Å². The van der Waals surface area contributed by atoms with Crippen molar-refractivity contribution in [3.05, 3.63) is 59.2 Å². The highest BCUT2D eigenvalue weighted by molar-refractivity contribution is 6.11. The third-order valence-corrected chi connectivity index (χ3v) is 5.69. The van der Waals surface area contributed by atoms with Gasteiger partial charge in [0, 0.05) is 18.8 Å². The Morgan fingerprint density at radius 3 is 2.78 bits per heavy atom. The summed E-state index contributed by atoms with van der Waals surface area (Å²) in [5, 5.41) is 9.72. The van der Waals surface area contributed by atoms with Crippen molar-refractivity contribution in [1.29, 1.82) is 0 Å². The lowest BCUT2D eigenvalue weighted by Crippen LogP contribution is -2.45. The number of phenolic OH excluding ortho intramolecular Hbond substituents is 1. The number of benzene rings is 2. The molecule has 6 nitrogen and oxygen atoms in total. The fourth-order valence-electron chi connectivity index (χ4n) is 4.40. The standard InChI is InChI=1S/C21H23N3O3/c1-14-10-15(6-7-18(14)25)11-23-9-8-21(13-23)16-4-2-3-5-17(16)24(20(21)27)12-19(22)26/h2-7,10,25H,8-9,11-13H2,1H3,(H2,22,26)/t21-/m0/s1. The van der Waals surface area contributed by atoms with Crippen molar-refractivity contribution in [3.8, 4) is 5.75 Å². The summed E-state index contributed by atoms with van der Waals surface area (Å²) in [7, 11) is 0. The Kier molecular flexibility index (Phi) is 4.15. The van der Waals surface area contributed by atoms with Crippen molar-refractivity contribution in [2.24, 2.45) is 5.73 Å². The number of likely N-dealkylation sites (tertiary alicyclic amines) is 1. The molecule has 0 aromatic heterocycles. The zero-order chi connectivity index (χ0) is 19.2. The van der Waals surface area contributed by atoms with Crippen LogP contribution in [-0.4, -0.2) is 41.5 Å². The van der Waals surface area contributed by atoms with E-state index in [9.17, 15) is 14.7 Å². The maximum atomic E-state index is 13.3. The molecule has 1 saturated heterocycles. The molecule has 27 heavy (non-hydrogen) atoms. The summed E-state index contributed by atoms with van der Waals surface area (Å²) < 4.78 is 0. The lowest BCUT2D eigenvalue weighted by Gasteiger charge is -2.24. The number of hydrogen-bond acceptors (Lipinski definition) is 4. The Bertz CT molecular complexity index is 927. The Morgan fingerprint density at radius 1 is 1.26 bits per heavy atom. The van der Waals surface area contributed by atoms with Crippen LogP contribution in [0.1, 0.15) is 23.1 Å². The first-order chi connectivity index (χ1) is 12.9. The van der Waals surface area contributed by atoms with Gasteiger partial charge >= 0.3 is 0 Å². The molecule has 2 aliphatic heterocycles. The van der Waals surface area contributed by atoms with E-state index in [-0.39, 0.29) is 12.5 Å². The third kappa shape index (κ3) is 2.86. The molecule has 6 heteroatoms. The van der Waals surface area contributed by atoms with Gasteiger partial charge in [0.15, 0.2) is 0 Å². The molecule has 4 rings (SSSR count). The summed E-state index contributed by atoms with van der Waals surface area (Å²) >= 11 is 0. The van der Waals surface area contributed by atoms with Crippen molar-refractivity contribution >= 4 is 17.5 Å². The normalized spacial score (nSPS) is 21.8. The second-order valence-corrected chi connectivity index (χ2v) is 7.54. The van der Waals surface area contributed by atoms with Gasteiger partial charge in [-0.3, -0.25) is 14.5 Å². The molecule has 140 valence electrons. The number of carbonyl (C=O) groups excluding carboxylic acids is 2. The molecule has 2 aromatic rings. The van der Waals surface area contributed by atoms with Crippen LogP contribution < -0.4 is 10.6 Å². The average molecular weight is 365 g/mol. The topological polar surface area (TPSA) is 86.9 Å². The van der Waals surface area contributed by atoms with Crippen LogP contribution >= 0.6 is 0 Å². The van der Waals surface area contributed by atoms with E-state index < -0.39 is 11.3 Å². The highest BCUT2D eigenvalue weighted by Gasteiger charge is 2.54. The van der Waals surface area contributed by atoms with E-state index in [4.69, 9.17) is 5.73 Å². The molecule has 2 heterocycles. The number of aromatic hydroxyl groups is 1. The monoisotopic (exact) mass is 365 g/mol. The van der Waals surface area contributed by atoms with E-state index >= 15 is 0 Å². The van der Waals surface area contributed by atoms with Gasteiger partial charge < -0.3 is 15.7 Å². The van der Waals surface area contributed by atoms with Crippen molar-refractivity contribution < 1.29 is 14.7 Å². The molecular formula is C21H23N3O3. The number of nitrogens with zero attached hydrogens (tertiary/aromatic N) is 2. The maximum Gasteiger partial charge on any atom is 0.239 e. The molecule has 0 bridgehead atoms. The van der Waals surface area contributed by atoms with Crippen LogP contribution in [-0.2, 0) is 21.5 Å². The third-order valence-electron chi connectivity index (χ3n) is 5.69. The van der Waals surface area contributed by atoms with Crippen LogP contribution in [0.25, 0.3) is 0 Å². The minimum absolute atomic E-state index is 0.0353. The van der Waals surface area contributed by atoms with Gasteiger partial charge in [0.25, 0.3) is 0 Å². The Labute approximate surface area is 158 Å². The molecule has 2 aromatic carbocycles. The zero-order valence-electron chi connectivity index (χ0n) is 15.3. The van der Waals surface area contributed by atoms with Crippen molar-refractivity contribution in [2.75, 3.05) is 24.5 Å². The molecule has 3 N–H and O–H groups in total. The number of rotatable bonds is 4. The SMILES string of the molecule is Cc1cc(CN2CC[C@@]3(C2)C(=O)N(CC(N)=O)c2ccccc23)ccc1O. The predicted molar refractivity (Wildman–Crippen MR) is 102 cm³/mol. The first-order valence-corrected chi connectivity index (χ1v) is 9.11. The average Bonchev–Trinajstić information content (AvgIpc) is 3.15. The second kappa shape index (κ2) is 6.39. The number of carbonyl (C=O) groups is 2. The molecule has 0 radical (unpaired) electrons. The number of anilines is 1. The lowest BCUT2D eigenvalue weighted by molar-refractivity contribution is -0.125. The summed E-state index contributed by atoms with van der Waals surface area (Å²) in [5.41, 5.74) is 8.49. The predicted octanol–water partition coefficient (Wildman–Crippen LogP) is 1.68. The zero-order valence-corrected chi connectivity index (χ0v) is 15.3. The molecule has 1 fully saturated rings. The van der Waals surface area contributed by atoms with Crippen LogP contribution in [0, 0.1) is 6.92 Å². The molecule has 1 atom stereocenters. The molecule has 1 spiro atoms. The minimum atomic E-state index is -0.613. The van der Waals surface area contributed by atoms with Crippen LogP contribution in [0.2, 0.25) is 0 Å². The number of fused-ring (bicyclic) bond motifs is 2. The largest absolute Gasteiger partial charge is 0.508 e. The first-order valence-electron chi connectivity index (χ1n) is 9.11. The second-order valence-electron chi connectivity index (χ2n) is 7.54. The van der Waals surface area contributed by atoms with E-state index in [0.717, 1.165) is 35.3 Å². The molecule has 2 amide bonds. The van der Waals surface area contributed by atoms with Gasteiger partial charge in [-0.2, -0.15) is 0 Å². The summed E-state index contributed by atoms with van der Waals surface area (Å²) in [6.45, 7) is 3.91. The van der Waals surface area contributed by atoms with Gasteiger partial charge in [-0.05, 0) is 48.7 Å². The van der Waals surface area contributed by atoms with E-state index in [1.807, 2.05) is 43.3 Å². The molecule has 0 aliphatic carbocycles. The van der Waals surface area contributed by atoms with Crippen LogP contribution in [0.3, 0.4) is 0 Å². The summed E-state index contributed by atoms with van der Waals surface area (Å²) in [5.74, 6) is -0.254. The molecule has 0 saturated carbocycles. The summed E-state index contributed by atoms with van der Waals surface area (Å²) in [4.78, 5) is 28.5. The highest BCUT2D eigenvalue weighted by Crippen LogP contribution is 2.47. The van der Waals surface area contributed by atoms with Gasteiger partial charge in [0.05, 0.1) is 5.41 Å². The van der Waals surface area contributed by atoms with Crippen molar-refractivity contribution in [1.82, 2.24) is 4.90 Å². The number of primary amides is 1. The molecule has 0 unspecified atom stereocenters. The van der Waals surface area contributed by atoms with Gasteiger partial charge in [-0.15, -0.1) is 0 Å². The fraction of sp³-hybridized carbons (Fsp3) is 0.333. The van der Waals surface area contributed by atoms with Crippen LogP contribution in [0.15, 0.2) is 42.5 Å². The number of para-hydroxylation sites is 1.